The standard InChI is InChI=1S/C20H20N6O/c27-20(18-14-21-10-11-22-18)23-16-6-4-15(5-7-16)17-8-9-19(25-24-17)26-12-2-1-3-13-26/h4-11,14H,1-3,12-13H2,(H,23,27). The van der Waals surface area contributed by atoms with Crippen molar-refractivity contribution in [3.05, 3.63) is 60.7 Å². The molecule has 1 aliphatic rings. The topological polar surface area (TPSA) is 83.9 Å². The lowest BCUT2D eigenvalue weighted by Gasteiger charge is -2.27. The van der Waals surface area contributed by atoms with Crippen LogP contribution in [0.1, 0.15) is 29.8 Å². The Balaban J connectivity index is 1.43. The molecule has 1 fully saturated rings. The fourth-order valence-electron chi connectivity index (χ4n) is 3.11. The maximum atomic E-state index is 12.1. The van der Waals surface area contributed by atoms with E-state index < -0.39 is 0 Å². The quantitative estimate of drug-likeness (QED) is 0.769. The van der Waals surface area contributed by atoms with Crippen LogP contribution in [-0.4, -0.2) is 39.2 Å². The lowest BCUT2D eigenvalue weighted by Crippen LogP contribution is -2.30. The highest BCUT2D eigenvalue weighted by atomic mass is 16.1. The van der Waals surface area contributed by atoms with Crippen LogP contribution in [0.5, 0.6) is 0 Å². The fourth-order valence-corrected chi connectivity index (χ4v) is 3.11. The maximum Gasteiger partial charge on any atom is 0.275 e. The fraction of sp³-hybridized carbons (Fsp3) is 0.250. The van der Waals surface area contributed by atoms with Crippen molar-refractivity contribution in [2.24, 2.45) is 0 Å². The largest absolute Gasteiger partial charge is 0.355 e. The van der Waals surface area contributed by atoms with E-state index in [4.69, 9.17) is 0 Å². The number of piperidine rings is 1. The molecule has 0 bridgehead atoms. The van der Waals surface area contributed by atoms with Crippen molar-refractivity contribution in [2.75, 3.05) is 23.3 Å². The van der Waals surface area contributed by atoms with Gasteiger partial charge in [-0.3, -0.25) is 9.78 Å². The van der Waals surface area contributed by atoms with Gasteiger partial charge in [-0.05, 0) is 43.5 Å². The highest BCUT2D eigenvalue weighted by Crippen LogP contribution is 2.22. The van der Waals surface area contributed by atoms with Crippen LogP contribution in [0.3, 0.4) is 0 Å². The molecule has 1 saturated heterocycles. The molecule has 0 saturated carbocycles. The monoisotopic (exact) mass is 360 g/mol. The molecule has 136 valence electrons. The Hall–Kier alpha value is -3.35. The molecule has 0 radical (unpaired) electrons. The number of carbonyl (C=O) groups is 1. The summed E-state index contributed by atoms with van der Waals surface area (Å²) in [5.74, 6) is 0.646. The van der Waals surface area contributed by atoms with Crippen LogP contribution in [0.15, 0.2) is 55.0 Å². The first-order chi connectivity index (χ1) is 13.3. The summed E-state index contributed by atoms with van der Waals surface area (Å²) in [5, 5.41) is 11.6. The molecule has 27 heavy (non-hydrogen) atoms. The van der Waals surface area contributed by atoms with Crippen LogP contribution >= 0.6 is 0 Å². The minimum Gasteiger partial charge on any atom is -0.355 e. The second-order valence-corrected chi connectivity index (χ2v) is 6.45. The molecule has 0 aliphatic carbocycles. The number of rotatable bonds is 4. The number of benzene rings is 1. The van der Waals surface area contributed by atoms with Gasteiger partial charge in [0.05, 0.1) is 11.9 Å². The van der Waals surface area contributed by atoms with Crippen molar-refractivity contribution >= 4 is 17.4 Å². The van der Waals surface area contributed by atoms with Crippen molar-refractivity contribution in [3.63, 3.8) is 0 Å². The van der Waals surface area contributed by atoms with Gasteiger partial charge in [-0.15, -0.1) is 10.2 Å². The summed E-state index contributed by atoms with van der Waals surface area (Å²) in [6.45, 7) is 2.10. The first-order valence-electron chi connectivity index (χ1n) is 9.06. The molecule has 1 aliphatic heterocycles. The zero-order valence-electron chi connectivity index (χ0n) is 14.9. The summed E-state index contributed by atoms with van der Waals surface area (Å²) in [4.78, 5) is 22.3. The molecule has 0 spiro atoms. The van der Waals surface area contributed by atoms with E-state index in [1.807, 2.05) is 36.4 Å². The van der Waals surface area contributed by atoms with Gasteiger partial charge in [0.25, 0.3) is 5.91 Å². The van der Waals surface area contributed by atoms with Gasteiger partial charge in [-0.2, -0.15) is 0 Å². The van der Waals surface area contributed by atoms with E-state index in [1.165, 1.54) is 37.9 Å². The molecule has 4 rings (SSSR count). The smallest absolute Gasteiger partial charge is 0.275 e. The Morgan fingerprint density at radius 3 is 2.41 bits per heavy atom. The van der Waals surface area contributed by atoms with Gasteiger partial charge in [0.15, 0.2) is 5.82 Å². The second-order valence-electron chi connectivity index (χ2n) is 6.45. The van der Waals surface area contributed by atoms with Crippen LogP contribution in [0.25, 0.3) is 11.3 Å². The zero-order valence-corrected chi connectivity index (χ0v) is 14.9. The molecule has 0 atom stereocenters. The minimum atomic E-state index is -0.290. The molecule has 2 aromatic heterocycles. The van der Waals surface area contributed by atoms with Crippen LogP contribution in [-0.2, 0) is 0 Å². The molecular formula is C20H20N6O. The average molecular weight is 360 g/mol. The van der Waals surface area contributed by atoms with E-state index >= 15 is 0 Å². The molecule has 3 aromatic rings. The lowest BCUT2D eigenvalue weighted by atomic mass is 10.1. The maximum absolute atomic E-state index is 12.1. The van der Waals surface area contributed by atoms with Crippen molar-refractivity contribution in [3.8, 4) is 11.3 Å². The van der Waals surface area contributed by atoms with Gasteiger partial charge >= 0.3 is 0 Å². The second kappa shape index (κ2) is 7.90. The molecule has 3 heterocycles. The number of nitrogens with one attached hydrogen (secondary N) is 1. The van der Waals surface area contributed by atoms with Crippen LogP contribution in [0, 0.1) is 0 Å². The highest BCUT2D eigenvalue weighted by molar-refractivity contribution is 6.02. The Labute approximate surface area is 157 Å². The van der Waals surface area contributed by atoms with Gasteiger partial charge < -0.3 is 10.2 Å². The molecule has 7 heteroatoms. The number of amides is 1. The predicted octanol–water partition coefficient (Wildman–Crippen LogP) is 3.18. The first kappa shape index (κ1) is 17.1. The van der Waals surface area contributed by atoms with Crippen LogP contribution < -0.4 is 10.2 Å². The Bertz CT molecular complexity index is 890. The van der Waals surface area contributed by atoms with Gasteiger partial charge in [0, 0.05) is 36.7 Å². The van der Waals surface area contributed by atoms with Crippen LogP contribution in [0.2, 0.25) is 0 Å². The van der Waals surface area contributed by atoms with Crippen LogP contribution in [0.4, 0.5) is 11.5 Å². The third kappa shape index (κ3) is 4.08. The summed E-state index contributed by atoms with van der Waals surface area (Å²) in [7, 11) is 0. The van der Waals surface area contributed by atoms with E-state index in [0.717, 1.165) is 30.2 Å². The summed E-state index contributed by atoms with van der Waals surface area (Å²) in [5.41, 5.74) is 2.72. The van der Waals surface area contributed by atoms with Crippen molar-refractivity contribution in [2.45, 2.75) is 19.3 Å². The predicted molar refractivity (Wildman–Crippen MR) is 104 cm³/mol. The Morgan fingerprint density at radius 1 is 0.926 bits per heavy atom. The molecule has 0 unspecified atom stereocenters. The van der Waals surface area contributed by atoms with E-state index in [2.05, 4.69) is 30.4 Å². The highest BCUT2D eigenvalue weighted by Gasteiger charge is 2.13. The SMILES string of the molecule is O=C(Nc1ccc(-c2ccc(N3CCCCC3)nn2)cc1)c1cnccn1. The Morgan fingerprint density at radius 2 is 1.74 bits per heavy atom. The van der Waals surface area contributed by atoms with Gasteiger partial charge in [-0.25, -0.2) is 4.98 Å². The molecule has 1 amide bonds. The summed E-state index contributed by atoms with van der Waals surface area (Å²) < 4.78 is 0. The number of carbonyl (C=O) groups excluding carboxylic acids is 1. The third-order valence-corrected chi connectivity index (χ3v) is 4.56. The van der Waals surface area contributed by atoms with E-state index in [0.29, 0.717) is 5.69 Å². The zero-order chi connectivity index (χ0) is 18.5. The van der Waals surface area contributed by atoms with Gasteiger partial charge in [-0.1, -0.05) is 12.1 Å². The number of aromatic nitrogens is 4. The molecule has 1 N–H and O–H groups in total. The van der Waals surface area contributed by atoms with E-state index in [-0.39, 0.29) is 11.6 Å². The lowest BCUT2D eigenvalue weighted by molar-refractivity contribution is 0.102. The van der Waals surface area contributed by atoms with E-state index in [9.17, 15) is 4.79 Å². The number of hydrogen-bond donors (Lipinski definition) is 1. The molecule has 1 aromatic carbocycles. The Kier molecular flexibility index (Phi) is 5.00. The molecular weight excluding hydrogens is 340 g/mol. The van der Waals surface area contributed by atoms with Crippen molar-refractivity contribution < 1.29 is 4.79 Å². The van der Waals surface area contributed by atoms with Crippen molar-refractivity contribution in [1.29, 1.82) is 0 Å². The van der Waals surface area contributed by atoms with Gasteiger partial charge in [0.1, 0.15) is 5.69 Å². The number of nitrogens with zero attached hydrogens (tertiary/aromatic N) is 5. The normalized spacial score (nSPS) is 14.0. The van der Waals surface area contributed by atoms with Gasteiger partial charge in [0.2, 0.25) is 0 Å². The van der Waals surface area contributed by atoms with Crippen molar-refractivity contribution in [1.82, 2.24) is 20.2 Å². The first-order valence-corrected chi connectivity index (χ1v) is 9.06. The molecule has 7 nitrogen and oxygen atoms in total. The summed E-state index contributed by atoms with van der Waals surface area (Å²) in [6, 6.07) is 11.5. The van der Waals surface area contributed by atoms with E-state index in [1.54, 1.807) is 0 Å². The average Bonchev–Trinajstić information content (AvgIpc) is 2.76. The summed E-state index contributed by atoms with van der Waals surface area (Å²) in [6.07, 6.45) is 8.18. The third-order valence-electron chi connectivity index (χ3n) is 4.56. The minimum absolute atomic E-state index is 0.278. The number of hydrogen-bond acceptors (Lipinski definition) is 6. The summed E-state index contributed by atoms with van der Waals surface area (Å²) >= 11 is 0. The number of anilines is 2.